The topological polar surface area (TPSA) is 52.4 Å². The molecule has 130 valence electrons. The third-order valence-electron chi connectivity index (χ3n) is 4.83. The van der Waals surface area contributed by atoms with Crippen molar-refractivity contribution in [1.82, 2.24) is 19.7 Å². The van der Waals surface area contributed by atoms with Crippen LogP contribution in [-0.2, 0) is 22.6 Å². The first-order valence-electron chi connectivity index (χ1n) is 8.53. The summed E-state index contributed by atoms with van der Waals surface area (Å²) in [4.78, 5) is 5.28. The van der Waals surface area contributed by atoms with Gasteiger partial charge in [0.2, 0.25) is 0 Å². The molecule has 0 aromatic carbocycles. The van der Waals surface area contributed by atoms with Crippen LogP contribution in [0.3, 0.4) is 0 Å². The van der Waals surface area contributed by atoms with Crippen molar-refractivity contribution in [2.24, 2.45) is 5.92 Å². The zero-order chi connectivity index (χ0) is 16.4. The number of nitrogens with zero attached hydrogens (tertiary/aromatic N) is 4. The molecular formula is C17H24N4O2S. The lowest BCUT2D eigenvalue weighted by molar-refractivity contribution is -0.0562. The molecule has 0 amide bonds. The first kappa shape index (κ1) is 16.2. The van der Waals surface area contributed by atoms with Crippen molar-refractivity contribution in [2.75, 3.05) is 32.9 Å². The number of aromatic nitrogens is 3. The van der Waals surface area contributed by atoms with E-state index in [0.29, 0.717) is 12.5 Å². The normalized spacial score (nSPS) is 28.5. The second-order valence-electron chi connectivity index (χ2n) is 7.00. The fraction of sp³-hybridized carbons (Fsp3) is 0.647. The summed E-state index contributed by atoms with van der Waals surface area (Å²) in [5, 5.41) is 7.77. The van der Waals surface area contributed by atoms with E-state index in [1.54, 1.807) is 12.7 Å². The Morgan fingerprint density at radius 3 is 3.00 bits per heavy atom. The van der Waals surface area contributed by atoms with Crippen LogP contribution in [0.5, 0.6) is 0 Å². The van der Waals surface area contributed by atoms with Crippen LogP contribution in [-0.4, -0.2) is 58.2 Å². The summed E-state index contributed by atoms with van der Waals surface area (Å²) in [5.74, 6) is 0.494. The van der Waals surface area contributed by atoms with Crippen LogP contribution in [0.2, 0.25) is 0 Å². The third-order valence-corrected chi connectivity index (χ3v) is 5.81. The maximum Gasteiger partial charge on any atom is 0.119 e. The van der Waals surface area contributed by atoms with Crippen molar-refractivity contribution in [3.63, 3.8) is 0 Å². The largest absolute Gasteiger partial charge is 0.377 e. The molecule has 4 heterocycles. The number of hydrogen-bond donors (Lipinski definition) is 0. The van der Waals surface area contributed by atoms with E-state index in [-0.39, 0.29) is 5.60 Å². The van der Waals surface area contributed by atoms with Gasteiger partial charge in [-0.2, -0.15) is 0 Å². The minimum absolute atomic E-state index is 0.165. The second-order valence-corrected chi connectivity index (χ2v) is 8.37. The SMILES string of the molecule is Cc1ccc(CN2CCOCC3(CC(Cn4cnnc4)CO3)C2)s1. The molecule has 2 aliphatic heterocycles. The van der Waals surface area contributed by atoms with Crippen LogP contribution in [0, 0.1) is 12.8 Å². The molecule has 0 aliphatic carbocycles. The molecule has 2 fully saturated rings. The lowest BCUT2D eigenvalue weighted by atomic mass is 9.94. The van der Waals surface area contributed by atoms with Gasteiger partial charge in [-0.1, -0.05) is 0 Å². The molecule has 0 bridgehead atoms. The molecule has 2 atom stereocenters. The van der Waals surface area contributed by atoms with E-state index in [4.69, 9.17) is 9.47 Å². The minimum Gasteiger partial charge on any atom is -0.377 e. The number of aryl methyl sites for hydroxylation is 1. The van der Waals surface area contributed by atoms with Gasteiger partial charge >= 0.3 is 0 Å². The zero-order valence-corrected chi connectivity index (χ0v) is 14.9. The highest BCUT2D eigenvalue weighted by molar-refractivity contribution is 7.11. The Morgan fingerprint density at radius 2 is 2.21 bits per heavy atom. The minimum atomic E-state index is -0.165. The Morgan fingerprint density at radius 1 is 1.33 bits per heavy atom. The number of ether oxygens (including phenoxy) is 2. The van der Waals surface area contributed by atoms with Crippen molar-refractivity contribution in [2.45, 2.75) is 32.0 Å². The highest BCUT2D eigenvalue weighted by Gasteiger charge is 2.43. The molecule has 2 aliphatic rings. The van der Waals surface area contributed by atoms with Crippen LogP contribution in [0.15, 0.2) is 24.8 Å². The molecule has 7 heteroatoms. The van der Waals surface area contributed by atoms with Crippen molar-refractivity contribution in [1.29, 1.82) is 0 Å². The predicted octanol–water partition coefficient (Wildman–Crippen LogP) is 1.96. The van der Waals surface area contributed by atoms with Gasteiger partial charge in [-0.05, 0) is 25.5 Å². The Labute approximate surface area is 146 Å². The van der Waals surface area contributed by atoms with Gasteiger partial charge < -0.3 is 14.0 Å². The highest BCUT2D eigenvalue weighted by Crippen LogP contribution is 2.34. The van der Waals surface area contributed by atoms with Gasteiger partial charge in [0, 0.05) is 41.9 Å². The van der Waals surface area contributed by atoms with Crippen LogP contribution < -0.4 is 0 Å². The summed E-state index contributed by atoms with van der Waals surface area (Å²) in [6, 6.07) is 4.44. The van der Waals surface area contributed by atoms with Crippen LogP contribution in [0.25, 0.3) is 0 Å². The first-order valence-corrected chi connectivity index (χ1v) is 9.34. The molecule has 2 saturated heterocycles. The molecule has 0 radical (unpaired) electrons. The van der Waals surface area contributed by atoms with E-state index >= 15 is 0 Å². The lowest BCUT2D eigenvalue weighted by Gasteiger charge is -2.31. The Hall–Kier alpha value is -1.28. The average Bonchev–Trinajstić information content (AvgIpc) is 3.25. The van der Waals surface area contributed by atoms with Gasteiger partial charge in [0.15, 0.2) is 0 Å². The fourth-order valence-electron chi connectivity index (χ4n) is 3.79. The molecule has 24 heavy (non-hydrogen) atoms. The van der Waals surface area contributed by atoms with E-state index in [1.165, 1.54) is 9.75 Å². The van der Waals surface area contributed by atoms with E-state index < -0.39 is 0 Å². The van der Waals surface area contributed by atoms with Crippen LogP contribution in [0.1, 0.15) is 16.2 Å². The third kappa shape index (κ3) is 3.69. The summed E-state index contributed by atoms with van der Waals surface area (Å²) in [5.41, 5.74) is -0.165. The van der Waals surface area contributed by atoms with Crippen molar-refractivity contribution < 1.29 is 9.47 Å². The Balaban J connectivity index is 1.40. The van der Waals surface area contributed by atoms with E-state index in [9.17, 15) is 0 Å². The number of thiophene rings is 1. The Bertz CT molecular complexity index is 659. The lowest BCUT2D eigenvalue weighted by Crippen LogP contribution is -2.43. The average molecular weight is 348 g/mol. The van der Waals surface area contributed by atoms with Gasteiger partial charge in [0.25, 0.3) is 0 Å². The molecule has 0 saturated carbocycles. The second kappa shape index (κ2) is 6.92. The van der Waals surface area contributed by atoms with Crippen molar-refractivity contribution in [3.8, 4) is 0 Å². The van der Waals surface area contributed by atoms with E-state index in [2.05, 4.69) is 34.2 Å². The van der Waals surface area contributed by atoms with Gasteiger partial charge in [0.1, 0.15) is 18.3 Å². The fourth-order valence-corrected chi connectivity index (χ4v) is 4.72. The zero-order valence-electron chi connectivity index (χ0n) is 14.1. The van der Waals surface area contributed by atoms with Crippen LogP contribution in [0.4, 0.5) is 0 Å². The summed E-state index contributed by atoms with van der Waals surface area (Å²) < 4.78 is 14.2. The molecule has 2 unspecified atom stereocenters. The molecule has 0 N–H and O–H groups in total. The molecule has 2 aromatic rings. The van der Waals surface area contributed by atoms with Crippen molar-refractivity contribution >= 4 is 11.3 Å². The molecule has 6 nitrogen and oxygen atoms in total. The smallest absolute Gasteiger partial charge is 0.119 e. The first-order chi connectivity index (χ1) is 11.7. The summed E-state index contributed by atoms with van der Waals surface area (Å²) in [6.45, 7) is 8.25. The standard InChI is InChI=1S/C17H24N4O2S/c1-14-2-3-16(24-14)8-20-4-5-22-11-17(10-20)6-15(9-23-17)7-21-12-18-19-13-21/h2-3,12-13,15H,4-11H2,1H3. The Kier molecular flexibility index (Phi) is 4.67. The van der Waals surface area contributed by atoms with Gasteiger partial charge in [0.05, 0.1) is 19.8 Å². The van der Waals surface area contributed by atoms with Crippen LogP contribution >= 0.6 is 11.3 Å². The van der Waals surface area contributed by atoms with Gasteiger partial charge in [-0.25, -0.2) is 0 Å². The molecule has 2 aromatic heterocycles. The summed E-state index contributed by atoms with van der Waals surface area (Å²) in [6.07, 6.45) is 4.59. The predicted molar refractivity (Wildman–Crippen MR) is 92.0 cm³/mol. The summed E-state index contributed by atoms with van der Waals surface area (Å²) in [7, 11) is 0. The molecule has 1 spiro atoms. The number of hydrogen-bond acceptors (Lipinski definition) is 6. The quantitative estimate of drug-likeness (QED) is 0.845. The van der Waals surface area contributed by atoms with Gasteiger partial charge in [-0.3, -0.25) is 4.90 Å². The highest BCUT2D eigenvalue weighted by atomic mass is 32.1. The molecule has 4 rings (SSSR count). The van der Waals surface area contributed by atoms with E-state index in [0.717, 1.165) is 45.8 Å². The molecular weight excluding hydrogens is 324 g/mol. The van der Waals surface area contributed by atoms with Gasteiger partial charge in [-0.15, -0.1) is 21.5 Å². The summed E-state index contributed by atoms with van der Waals surface area (Å²) >= 11 is 1.88. The maximum absolute atomic E-state index is 6.28. The van der Waals surface area contributed by atoms with E-state index in [1.807, 2.05) is 15.9 Å². The maximum atomic E-state index is 6.28. The van der Waals surface area contributed by atoms with Crippen molar-refractivity contribution in [3.05, 3.63) is 34.5 Å². The number of rotatable bonds is 4. The monoisotopic (exact) mass is 348 g/mol.